The van der Waals surface area contributed by atoms with Crippen LogP contribution in [-0.2, 0) is 4.79 Å². The standard InChI is InChI=1S/C23H22N4O.C6H15N/c1-16(28)27-9-6-21(7-10-27)26-23-13-20(12-19-5-8-25-15-22(19)23)18-4-2-3-17(11-18)14-24;1-4-7(5-2)6-3/h2-5,8,11-13,15,21,26H,6-7,9-10H2,1H3;4-6H2,1-3H3. The van der Waals surface area contributed by atoms with E-state index >= 15 is 0 Å². The summed E-state index contributed by atoms with van der Waals surface area (Å²) in [5.41, 5.74) is 3.79. The highest BCUT2D eigenvalue weighted by Crippen LogP contribution is 2.32. The third kappa shape index (κ3) is 7.03. The second kappa shape index (κ2) is 12.9. The Morgan fingerprint density at radius 1 is 1.09 bits per heavy atom. The molecule has 4 rings (SSSR count). The van der Waals surface area contributed by atoms with Crippen LogP contribution in [0.4, 0.5) is 5.69 Å². The van der Waals surface area contributed by atoms with Crippen LogP contribution in [0.15, 0.2) is 54.9 Å². The zero-order chi connectivity index (χ0) is 25.2. The van der Waals surface area contributed by atoms with Gasteiger partial charge in [0.25, 0.3) is 0 Å². The second-order valence-electron chi connectivity index (χ2n) is 8.86. The summed E-state index contributed by atoms with van der Waals surface area (Å²) < 4.78 is 0. The fraction of sp³-hybridized carbons (Fsp3) is 0.414. The Kier molecular flexibility index (Phi) is 9.63. The lowest BCUT2D eigenvalue weighted by molar-refractivity contribution is -0.129. The summed E-state index contributed by atoms with van der Waals surface area (Å²) in [6.45, 7) is 13.3. The minimum Gasteiger partial charge on any atom is -0.382 e. The Labute approximate surface area is 209 Å². The number of carbonyl (C=O) groups is 1. The first kappa shape index (κ1) is 26.2. The van der Waals surface area contributed by atoms with Crippen LogP contribution in [0.5, 0.6) is 0 Å². The van der Waals surface area contributed by atoms with Gasteiger partial charge in [-0.2, -0.15) is 5.26 Å². The Hall–Kier alpha value is -3.43. The molecule has 0 spiro atoms. The largest absolute Gasteiger partial charge is 0.382 e. The van der Waals surface area contributed by atoms with E-state index in [-0.39, 0.29) is 5.91 Å². The van der Waals surface area contributed by atoms with Crippen molar-refractivity contribution < 1.29 is 4.79 Å². The number of rotatable bonds is 6. The third-order valence-electron chi connectivity index (χ3n) is 6.72. The molecule has 0 radical (unpaired) electrons. The number of anilines is 1. The highest BCUT2D eigenvalue weighted by molar-refractivity contribution is 5.97. The normalized spacial score (nSPS) is 13.8. The Bertz CT molecular complexity index is 1150. The van der Waals surface area contributed by atoms with Crippen LogP contribution in [0.3, 0.4) is 0 Å². The second-order valence-corrected chi connectivity index (χ2v) is 8.86. The topological polar surface area (TPSA) is 72.3 Å². The van der Waals surface area contributed by atoms with Crippen molar-refractivity contribution in [3.8, 4) is 17.2 Å². The Morgan fingerprint density at radius 2 is 1.80 bits per heavy atom. The van der Waals surface area contributed by atoms with Crippen LogP contribution in [0.25, 0.3) is 21.9 Å². The van der Waals surface area contributed by atoms with E-state index in [1.807, 2.05) is 41.4 Å². The van der Waals surface area contributed by atoms with E-state index < -0.39 is 0 Å². The Morgan fingerprint density at radius 3 is 2.40 bits per heavy atom. The molecule has 6 nitrogen and oxygen atoms in total. The van der Waals surface area contributed by atoms with Crippen molar-refractivity contribution in [1.82, 2.24) is 14.8 Å². The summed E-state index contributed by atoms with van der Waals surface area (Å²) in [5.74, 6) is 0.146. The zero-order valence-electron chi connectivity index (χ0n) is 21.4. The molecule has 3 aromatic rings. The molecule has 2 aromatic carbocycles. The average molecular weight is 472 g/mol. The SMILES string of the molecule is CC(=O)N1CCC(Nc2cc(-c3cccc(C#N)c3)cc3ccncc23)CC1.CCN(CC)CC. The molecule has 1 amide bonds. The molecule has 1 fully saturated rings. The summed E-state index contributed by atoms with van der Waals surface area (Å²) >= 11 is 0. The van der Waals surface area contributed by atoms with Crippen LogP contribution < -0.4 is 5.32 Å². The molecular weight excluding hydrogens is 434 g/mol. The maximum Gasteiger partial charge on any atom is 0.219 e. The van der Waals surface area contributed by atoms with Gasteiger partial charge in [0.05, 0.1) is 11.6 Å². The number of aromatic nitrogens is 1. The average Bonchev–Trinajstić information content (AvgIpc) is 2.90. The summed E-state index contributed by atoms with van der Waals surface area (Å²) in [6.07, 6.45) is 5.54. The van der Waals surface area contributed by atoms with Gasteiger partial charge in [-0.05, 0) is 79.3 Å². The van der Waals surface area contributed by atoms with Crippen molar-refractivity contribution in [2.45, 2.75) is 46.6 Å². The van der Waals surface area contributed by atoms with Gasteiger partial charge in [0, 0.05) is 49.5 Å². The molecule has 1 N–H and O–H groups in total. The number of pyridine rings is 1. The molecule has 35 heavy (non-hydrogen) atoms. The van der Waals surface area contributed by atoms with Crippen LogP contribution >= 0.6 is 0 Å². The summed E-state index contributed by atoms with van der Waals surface area (Å²) in [7, 11) is 0. The first-order chi connectivity index (χ1) is 17.0. The van der Waals surface area contributed by atoms with Gasteiger partial charge >= 0.3 is 0 Å². The maximum atomic E-state index is 11.6. The molecule has 2 heterocycles. The molecule has 0 saturated carbocycles. The van der Waals surface area contributed by atoms with Gasteiger partial charge in [-0.3, -0.25) is 9.78 Å². The number of piperidine rings is 1. The van der Waals surface area contributed by atoms with Crippen molar-refractivity contribution in [2.75, 3.05) is 38.0 Å². The lowest BCUT2D eigenvalue weighted by atomic mass is 9.98. The van der Waals surface area contributed by atoms with E-state index in [0.717, 1.165) is 53.5 Å². The monoisotopic (exact) mass is 471 g/mol. The number of benzene rings is 2. The number of fused-ring (bicyclic) bond motifs is 1. The first-order valence-corrected chi connectivity index (χ1v) is 12.6. The van der Waals surface area contributed by atoms with E-state index in [1.54, 1.807) is 13.1 Å². The van der Waals surface area contributed by atoms with Gasteiger partial charge in [0.1, 0.15) is 0 Å². The van der Waals surface area contributed by atoms with Crippen LogP contribution in [-0.4, -0.2) is 59.5 Å². The van der Waals surface area contributed by atoms with E-state index in [4.69, 9.17) is 0 Å². The van der Waals surface area contributed by atoms with Gasteiger partial charge in [-0.1, -0.05) is 32.9 Å². The fourth-order valence-electron chi connectivity index (χ4n) is 4.48. The number of amides is 1. The summed E-state index contributed by atoms with van der Waals surface area (Å²) in [6, 6.07) is 16.5. The molecule has 1 aliphatic heterocycles. The molecular formula is C29H37N5O. The molecule has 184 valence electrons. The molecule has 0 unspecified atom stereocenters. The number of carbonyl (C=O) groups excluding carboxylic acids is 1. The van der Waals surface area contributed by atoms with Gasteiger partial charge in [0.15, 0.2) is 0 Å². The highest BCUT2D eigenvalue weighted by atomic mass is 16.2. The maximum absolute atomic E-state index is 11.6. The minimum atomic E-state index is 0.146. The quantitative estimate of drug-likeness (QED) is 0.511. The predicted octanol–water partition coefficient (Wildman–Crippen LogP) is 5.54. The number of nitrogens with zero attached hydrogens (tertiary/aromatic N) is 4. The van der Waals surface area contributed by atoms with E-state index in [2.05, 4.69) is 54.2 Å². The lowest BCUT2D eigenvalue weighted by Gasteiger charge is -2.32. The number of hydrogen-bond acceptors (Lipinski definition) is 5. The molecule has 1 aromatic heterocycles. The highest BCUT2D eigenvalue weighted by Gasteiger charge is 2.21. The number of hydrogen-bond donors (Lipinski definition) is 1. The summed E-state index contributed by atoms with van der Waals surface area (Å²) in [4.78, 5) is 20.1. The van der Waals surface area contributed by atoms with Gasteiger partial charge in [-0.25, -0.2) is 0 Å². The smallest absolute Gasteiger partial charge is 0.219 e. The van der Waals surface area contributed by atoms with E-state index in [1.165, 1.54) is 19.6 Å². The summed E-state index contributed by atoms with van der Waals surface area (Å²) in [5, 5.41) is 15.1. The minimum absolute atomic E-state index is 0.146. The van der Waals surface area contributed by atoms with E-state index in [0.29, 0.717) is 11.6 Å². The number of nitrogens with one attached hydrogen (secondary N) is 1. The number of nitriles is 1. The van der Waals surface area contributed by atoms with Gasteiger partial charge in [0.2, 0.25) is 5.91 Å². The Balaban J connectivity index is 0.000000429. The van der Waals surface area contributed by atoms with Gasteiger partial charge in [-0.15, -0.1) is 0 Å². The van der Waals surface area contributed by atoms with Crippen molar-refractivity contribution in [1.29, 1.82) is 5.26 Å². The molecule has 1 aliphatic rings. The molecule has 0 bridgehead atoms. The fourth-order valence-corrected chi connectivity index (χ4v) is 4.48. The van der Waals surface area contributed by atoms with Crippen LogP contribution in [0.2, 0.25) is 0 Å². The third-order valence-corrected chi connectivity index (χ3v) is 6.72. The van der Waals surface area contributed by atoms with Gasteiger partial charge < -0.3 is 15.1 Å². The lowest BCUT2D eigenvalue weighted by Crippen LogP contribution is -2.41. The molecule has 6 heteroatoms. The van der Waals surface area contributed by atoms with Crippen molar-refractivity contribution in [2.24, 2.45) is 0 Å². The van der Waals surface area contributed by atoms with Crippen molar-refractivity contribution >= 4 is 22.4 Å². The zero-order valence-corrected chi connectivity index (χ0v) is 21.4. The molecule has 0 aliphatic carbocycles. The van der Waals surface area contributed by atoms with Crippen LogP contribution in [0, 0.1) is 11.3 Å². The number of likely N-dealkylation sites (tertiary alicyclic amines) is 1. The molecule has 0 atom stereocenters. The van der Waals surface area contributed by atoms with Crippen molar-refractivity contribution in [3.63, 3.8) is 0 Å². The first-order valence-electron chi connectivity index (χ1n) is 12.6. The van der Waals surface area contributed by atoms with Crippen molar-refractivity contribution in [3.05, 3.63) is 60.4 Å². The van der Waals surface area contributed by atoms with Crippen LogP contribution in [0.1, 0.15) is 46.1 Å². The molecule has 1 saturated heterocycles. The van der Waals surface area contributed by atoms with E-state index in [9.17, 15) is 10.1 Å². The predicted molar refractivity (Wildman–Crippen MR) is 144 cm³/mol.